The Morgan fingerprint density at radius 1 is 1.25 bits per heavy atom. The lowest BCUT2D eigenvalue weighted by Crippen LogP contribution is -2.13. The molecule has 2 aromatic heterocycles. The van der Waals surface area contributed by atoms with Crippen molar-refractivity contribution in [1.29, 1.82) is 0 Å². The van der Waals surface area contributed by atoms with Gasteiger partial charge >= 0.3 is 0 Å². The van der Waals surface area contributed by atoms with Crippen LogP contribution in [-0.2, 0) is 0 Å². The van der Waals surface area contributed by atoms with E-state index in [1.165, 1.54) is 6.33 Å². The van der Waals surface area contributed by atoms with Gasteiger partial charge in [-0.3, -0.25) is 0 Å². The molecular weight excluding hydrogens is 206 g/mol. The number of aromatic nitrogens is 5. The summed E-state index contributed by atoms with van der Waals surface area (Å²) in [5.41, 5.74) is 3.35. The van der Waals surface area contributed by atoms with E-state index in [4.69, 9.17) is 5.84 Å². The number of anilines is 1. The van der Waals surface area contributed by atoms with Gasteiger partial charge in [0.15, 0.2) is 5.82 Å². The van der Waals surface area contributed by atoms with E-state index in [2.05, 4.69) is 25.5 Å². The molecule has 7 heteroatoms. The van der Waals surface area contributed by atoms with E-state index < -0.39 is 0 Å². The molecule has 0 spiro atoms. The average molecular weight is 219 g/mol. The third-order valence-electron chi connectivity index (χ3n) is 2.27. The van der Waals surface area contributed by atoms with Crippen molar-refractivity contribution in [2.45, 2.75) is 20.8 Å². The third-order valence-corrected chi connectivity index (χ3v) is 2.27. The standard InChI is InChI=1S/C9H13N7/c1-5-8(14-10)11-4-12-9(5)16-7(3)13-6(2)15-16/h4H,10H2,1-3H3,(H,11,12,14). The Balaban J connectivity index is 2.60. The van der Waals surface area contributed by atoms with E-state index >= 15 is 0 Å². The number of aryl methyl sites for hydroxylation is 2. The SMILES string of the molecule is Cc1nc(C)n(-c2ncnc(NN)c2C)n1. The molecule has 0 aromatic carbocycles. The molecule has 0 radical (unpaired) electrons. The molecule has 0 atom stereocenters. The molecule has 0 amide bonds. The molecule has 0 aliphatic heterocycles. The molecule has 0 saturated heterocycles. The number of hydrogen-bond acceptors (Lipinski definition) is 6. The van der Waals surface area contributed by atoms with Crippen molar-refractivity contribution < 1.29 is 0 Å². The van der Waals surface area contributed by atoms with Gasteiger partial charge in [-0.05, 0) is 20.8 Å². The monoisotopic (exact) mass is 219 g/mol. The minimum Gasteiger partial charge on any atom is -0.308 e. The van der Waals surface area contributed by atoms with E-state index in [0.29, 0.717) is 17.5 Å². The van der Waals surface area contributed by atoms with Crippen LogP contribution in [0.3, 0.4) is 0 Å². The highest BCUT2D eigenvalue weighted by molar-refractivity contribution is 5.49. The summed E-state index contributed by atoms with van der Waals surface area (Å²) in [6.07, 6.45) is 1.44. The molecule has 0 saturated carbocycles. The summed E-state index contributed by atoms with van der Waals surface area (Å²) in [4.78, 5) is 12.4. The predicted molar refractivity (Wildman–Crippen MR) is 59.0 cm³/mol. The first-order chi connectivity index (χ1) is 7.63. The molecule has 2 rings (SSSR count). The van der Waals surface area contributed by atoms with Crippen molar-refractivity contribution in [2.75, 3.05) is 5.43 Å². The molecule has 84 valence electrons. The lowest BCUT2D eigenvalue weighted by atomic mass is 10.3. The van der Waals surface area contributed by atoms with Gasteiger partial charge < -0.3 is 5.43 Å². The van der Waals surface area contributed by atoms with Crippen LogP contribution in [0, 0.1) is 20.8 Å². The van der Waals surface area contributed by atoms with Gasteiger partial charge in [-0.2, -0.15) is 4.68 Å². The maximum Gasteiger partial charge on any atom is 0.163 e. The van der Waals surface area contributed by atoms with Gasteiger partial charge in [0.25, 0.3) is 0 Å². The van der Waals surface area contributed by atoms with E-state index in [9.17, 15) is 0 Å². The summed E-state index contributed by atoms with van der Waals surface area (Å²) in [7, 11) is 0. The molecule has 2 aromatic rings. The van der Waals surface area contributed by atoms with Crippen LogP contribution in [0.15, 0.2) is 6.33 Å². The lowest BCUT2D eigenvalue weighted by Gasteiger charge is -2.08. The summed E-state index contributed by atoms with van der Waals surface area (Å²) in [6, 6.07) is 0. The lowest BCUT2D eigenvalue weighted by molar-refractivity contribution is 0.790. The van der Waals surface area contributed by atoms with E-state index in [1.54, 1.807) is 4.68 Å². The Bertz CT molecular complexity index is 517. The van der Waals surface area contributed by atoms with E-state index in [0.717, 1.165) is 11.4 Å². The fourth-order valence-electron chi connectivity index (χ4n) is 1.52. The number of nitrogens with one attached hydrogen (secondary N) is 1. The van der Waals surface area contributed by atoms with Crippen molar-refractivity contribution in [1.82, 2.24) is 24.7 Å². The highest BCUT2D eigenvalue weighted by Gasteiger charge is 2.11. The largest absolute Gasteiger partial charge is 0.308 e. The van der Waals surface area contributed by atoms with Crippen LogP contribution < -0.4 is 11.3 Å². The fourth-order valence-corrected chi connectivity index (χ4v) is 1.52. The van der Waals surface area contributed by atoms with E-state index in [-0.39, 0.29) is 0 Å². The first-order valence-corrected chi connectivity index (χ1v) is 4.82. The number of hydrogen-bond donors (Lipinski definition) is 2. The van der Waals surface area contributed by atoms with Gasteiger partial charge in [0.05, 0.1) is 0 Å². The first kappa shape index (κ1) is 10.5. The Labute approximate surface area is 92.7 Å². The first-order valence-electron chi connectivity index (χ1n) is 4.82. The Hall–Kier alpha value is -2.02. The van der Waals surface area contributed by atoms with Crippen LogP contribution in [-0.4, -0.2) is 24.7 Å². The zero-order valence-corrected chi connectivity index (χ0v) is 9.39. The second-order valence-electron chi connectivity index (χ2n) is 3.43. The maximum atomic E-state index is 5.36. The molecule has 2 heterocycles. The molecule has 0 aliphatic rings. The van der Waals surface area contributed by atoms with Crippen LogP contribution in [0.2, 0.25) is 0 Å². The van der Waals surface area contributed by atoms with E-state index in [1.807, 2.05) is 20.8 Å². The minimum atomic E-state index is 0.581. The van der Waals surface area contributed by atoms with Gasteiger partial charge in [0.1, 0.15) is 23.8 Å². The van der Waals surface area contributed by atoms with Crippen LogP contribution >= 0.6 is 0 Å². The number of nitrogens with two attached hydrogens (primary N) is 1. The zero-order chi connectivity index (χ0) is 11.7. The van der Waals surface area contributed by atoms with Crippen molar-refractivity contribution in [2.24, 2.45) is 5.84 Å². The Kier molecular flexibility index (Phi) is 2.53. The van der Waals surface area contributed by atoms with Gasteiger partial charge in [-0.15, -0.1) is 5.10 Å². The number of nitrogen functional groups attached to an aromatic ring is 1. The Morgan fingerprint density at radius 3 is 2.56 bits per heavy atom. The number of rotatable bonds is 2. The molecular formula is C9H13N7. The molecule has 0 aliphatic carbocycles. The topological polar surface area (TPSA) is 94.5 Å². The van der Waals surface area contributed by atoms with Crippen molar-refractivity contribution >= 4 is 5.82 Å². The molecule has 0 unspecified atom stereocenters. The van der Waals surface area contributed by atoms with Crippen molar-refractivity contribution in [3.63, 3.8) is 0 Å². The van der Waals surface area contributed by atoms with Gasteiger partial charge in [-0.25, -0.2) is 20.8 Å². The van der Waals surface area contributed by atoms with Crippen molar-refractivity contribution in [3.8, 4) is 5.82 Å². The average Bonchev–Trinajstić information content (AvgIpc) is 2.58. The summed E-state index contributed by atoms with van der Waals surface area (Å²) in [5, 5.41) is 4.26. The number of hydrazine groups is 1. The van der Waals surface area contributed by atoms with Crippen LogP contribution in [0.4, 0.5) is 5.82 Å². The van der Waals surface area contributed by atoms with Crippen molar-refractivity contribution in [3.05, 3.63) is 23.5 Å². The van der Waals surface area contributed by atoms with Crippen LogP contribution in [0.25, 0.3) is 5.82 Å². The second-order valence-corrected chi connectivity index (χ2v) is 3.43. The highest BCUT2D eigenvalue weighted by atomic mass is 15.4. The molecule has 0 fully saturated rings. The molecule has 7 nitrogen and oxygen atoms in total. The molecule has 3 N–H and O–H groups in total. The quantitative estimate of drug-likeness (QED) is 0.556. The minimum absolute atomic E-state index is 0.581. The Morgan fingerprint density at radius 2 is 2.00 bits per heavy atom. The van der Waals surface area contributed by atoms with Gasteiger partial charge in [0, 0.05) is 5.56 Å². The summed E-state index contributed by atoms with van der Waals surface area (Å²) in [5.74, 6) is 8.10. The maximum absolute atomic E-state index is 5.36. The van der Waals surface area contributed by atoms with Crippen LogP contribution in [0.5, 0.6) is 0 Å². The highest BCUT2D eigenvalue weighted by Crippen LogP contribution is 2.16. The zero-order valence-electron chi connectivity index (χ0n) is 9.39. The predicted octanol–water partition coefficient (Wildman–Crippen LogP) is 0.268. The fraction of sp³-hybridized carbons (Fsp3) is 0.333. The summed E-state index contributed by atoms with van der Waals surface area (Å²) < 4.78 is 1.67. The smallest absolute Gasteiger partial charge is 0.163 e. The van der Waals surface area contributed by atoms with Gasteiger partial charge in [-0.1, -0.05) is 0 Å². The van der Waals surface area contributed by atoms with Crippen LogP contribution in [0.1, 0.15) is 17.2 Å². The second kappa shape index (κ2) is 3.86. The molecule has 0 bridgehead atoms. The van der Waals surface area contributed by atoms with Gasteiger partial charge in [0.2, 0.25) is 0 Å². The summed E-state index contributed by atoms with van der Waals surface area (Å²) >= 11 is 0. The normalized spacial score (nSPS) is 10.5. The third kappa shape index (κ3) is 1.61. The number of nitrogens with zero attached hydrogens (tertiary/aromatic N) is 5. The summed E-state index contributed by atoms with van der Waals surface area (Å²) in [6.45, 7) is 5.58. The molecule has 16 heavy (non-hydrogen) atoms.